The Morgan fingerprint density at radius 2 is 2.10 bits per heavy atom. The van der Waals surface area contributed by atoms with Crippen molar-refractivity contribution in [2.75, 3.05) is 12.4 Å². The van der Waals surface area contributed by atoms with Crippen LogP contribution in [0.25, 0.3) is 0 Å². The number of rotatable bonds is 8. The molecule has 2 aromatic rings. The minimum atomic E-state index is 0.604. The van der Waals surface area contributed by atoms with Crippen molar-refractivity contribution in [2.45, 2.75) is 30.5 Å². The van der Waals surface area contributed by atoms with E-state index in [1.54, 1.807) is 11.8 Å². The Bertz CT molecular complexity index is 593. The average Bonchev–Trinajstić information content (AvgIpc) is 3.28. The van der Waals surface area contributed by atoms with Gasteiger partial charge in [0.1, 0.15) is 11.6 Å². The van der Waals surface area contributed by atoms with Crippen LogP contribution < -0.4 is 4.74 Å². The van der Waals surface area contributed by atoms with E-state index in [4.69, 9.17) is 4.74 Å². The highest BCUT2D eigenvalue weighted by molar-refractivity contribution is 7.99. The molecule has 1 saturated carbocycles. The van der Waals surface area contributed by atoms with Crippen LogP contribution in [0.4, 0.5) is 0 Å². The molecule has 1 aliphatic carbocycles. The fourth-order valence-electron chi connectivity index (χ4n) is 2.16. The van der Waals surface area contributed by atoms with E-state index in [0.717, 1.165) is 29.0 Å². The molecule has 1 fully saturated rings. The Hall–Kier alpha value is -1.75. The molecule has 0 amide bonds. The molecule has 5 heteroatoms. The first kappa shape index (κ1) is 14.2. The number of para-hydroxylation sites is 1. The number of ether oxygens (including phenoxy) is 1. The highest BCUT2D eigenvalue weighted by Crippen LogP contribution is 2.40. The molecule has 0 saturated heterocycles. The van der Waals surface area contributed by atoms with E-state index >= 15 is 0 Å². The van der Waals surface area contributed by atoms with Crippen LogP contribution in [-0.4, -0.2) is 27.1 Å². The van der Waals surface area contributed by atoms with Crippen molar-refractivity contribution in [3.63, 3.8) is 0 Å². The van der Waals surface area contributed by atoms with Crippen molar-refractivity contribution in [3.8, 4) is 5.75 Å². The highest BCUT2D eigenvalue weighted by atomic mass is 32.2. The third-order valence-electron chi connectivity index (χ3n) is 3.33. The van der Waals surface area contributed by atoms with Gasteiger partial charge in [-0.15, -0.1) is 16.8 Å². The van der Waals surface area contributed by atoms with Gasteiger partial charge in [-0.05, 0) is 25.0 Å². The predicted molar refractivity (Wildman–Crippen MR) is 84.9 cm³/mol. The fraction of sp³-hybridized carbons (Fsp3) is 0.375. The summed E-state index contributed by atoms with van der Waals surface area (Å²) in [6, 6.07) is 9.88. The summed E-state index contributed by atoms with van der Waals surface area (Å²) in [4.78, 5) is 0. The second-order valence-corrected chi connectivity index (χ2v) is 6.09. The number of aromatic nitrogens is 3. The van der Waals surface area contributed by atoms with Gasteiger partial charge in [0.15, 0.2) is 5.16 Å². The number of nitrogens with zero attached hydrogens (tertiary/aromatic N) is 3. The van der Waals surface area contributed by atoms with Crippen LogP contribution in [-0.2, 0) is 6.54 Å². The molecule has 110 valence electrons. The lowest BCUT2D eigenvalue weighted by Crippen LogP contribution is -2.05. The molecule has 0 atom stereocenters. The molecule has 4 nitrogen and oxygen atoms in total. The van der Waals surface area contributed by atoms with Crippen LogP contribution in [0, 0.1) is 0 Å². The van der Waals surface area contributed by atoms with E-state index in [2.05, 4.69) is 21.3 Å². The molecule has 1 heterocycles. The van der Waals surface area contributed by atoms with Gasteiger partial charge in [0, 0.05) is 18.2 Å². The van der Waals surface area contributed by atoms with Crippen molar-refractivity contribution < 1.29 is 4.74 Å². The van der Waals surface area contributed by atoms with E-state index in [1.807, 2.05) is 36.4 Å². The Morgan fingerprint density at radius 3 is 2.81 bits per heavy atom. The molecule has 0 aliphatic heterocycles. The van der Waals surface area contributed by atoms with Crippen LogP contribution in [0.2, 0.25) is 0 Å². The molecule has 1 aromatic carbocycles. The Balaban J connectivity index is 1.54. The van der Waals surface area contributed by atoms with Gasteiger partial charge in [-0.2, -0.15) is 0 Å². The topological polar surface area (TPSA) is 39.9 Å². The fourth-order valence-corrected chi connectivity index (χ4v) is 2.93. The van der Waals surface area contributed by atoms with E-state index < -0.39 is 0 Å². The molecule has 1 aliphatic rings. The van der Waals surface area contributed by atoms with E-state index in [9.17, 15) is 0 Å². The van der Waals surface area contributed by atoms with Gasteiger partial charge in [0.05, 0.1) is 6.61 Å². The zero-order valence-electron chi connectivity index (χ0n) is 11.9. The lowest BCUT2D eigenvalue weighted by atomic mass is 10.3. The smallest absolute Gasteiger partial charge is 0.191 e. The predicted octanol–water partition coefficient (Wildman–Crippen LogP) is 3.51. The van der Waals surface area contributed by atoms with Crippen molar-refractivity contribution in [1.82, 2.24) is 14.8 Å². The molecule has 3 rings (SSSR count). The first-order valence-electron chi connectivity index (χ1n) is 7.23. The number of allylic oxidation sites excluding steroid dienone is 1. The van der Waals surface area contributed by atoms with E-state index in [0.29, 0.717) is 12.5 Å². The van der Waals surface area contributed by atoms with Gasteiger partial charge in [-0.3, -0.25) is 0 Å². The SMILES string of the molecule is C=CCn1c(SCCOc2ccccc2)nnc1C1CC1. The van der Waals surface area contributed by atoms with Crippen LogP contribution in [0.1, 0.15) is 24.6 Å². The Labute approximate surface area is 129 Å². The second-order valence-electron chi connectivity index (χ2n) is 5.02. The summed E-state index contributed by atoms with van der Waals surface area (Å²) < 4.78 is 7.87. The van der Waals surface area contributed by atoms with Gasteiger partial charge in [-0.1, -0.05) is 36.0 Å². The summed E-state index contributed by atoms with van der Waals surface area (Å²) in [6.07, 6.45) is 4.37. The minimum absolute atomic E-state index is 0.604. The zero-order valence-corrected chi connectivity index (χ0v) is 12.8. The number of benzene rings is 1. The first-order chi connectivity index (χ1) is 10.4. The van der Waals surface area contributed by atoms with E-state index in [1.165, 1.54) is 12.8 Å². The van der Waals surface area contributed by atoms with Crippen LogP contribution in [0.3, 0.4) is 0 Å². The maximum Gasteiger partial charge on any atom is 0.191 e. The van der Waals surface area contributed by atoms with Gasteiger partial charge in [0.2, 0.25) is 0 Å². The van der Waals surface area contributed by atoms with Crippen LogP contribution in [0.5, 0.6) is 5.75 Å². The monoisotopic (exact) mass is 301 g/mol. The Kier molecular flexibility index (Phi) is 4.60. The molecule has 0 N–H and O–H groups in total. The quantitative estimate of drug-likeness (QED) is 0.425. The molecule has 0 spiro atoms. The summed E-state index contributed by atoms with van der Waals surface area (Å²) in [6.45, 7) is 5.26. The average molecular weight is 301 g/mol. The highest BCUT2D eigenvalue weighted by Gasteiger charge is 2.30. The maximum atomic E-state index is 5.70. The molecular formula is C16H19N3OS. The zero-order chi connectivity index (χ0) is 14.5. The van der Waals surface area contributed by atoms with Crippen LogP contribution in [0.15, 0.2) is 48.1 Å². The third-order valence-corrected chi connectivity index (χ3v) is 4.26. The lowest BCUT2D eigenvalue weighted by molar-refractivity contribution is 0.344. The van der Waals surface area contributed by atoms with Crippen molar-refractivity contribution in [2.24, 2.45) is 0 Å². The van der Waals surface area contributed by atoms with Gasteiger partial charge < -0.3 is 9.30 Å². The minimum Gasteiger partial charge on any atom is -0.493 e. The summed E-state index contributed by atoms with van der Waals surface area (Å²) in [7, 11) is 0. The summed E-state index contributed by atoms with van der Waals surface area (Å²) in [5, 5.41) is 9.62. The maximum absolute atomic E-state index is 5.70. The summed E-state index contributed by atoms with van der Waals surface area (Å²) >= 11 is 1.69. The molecule has 0 unspecified atom stereocenters. The van der Waals surface area contributed by atoms with Crippen molar-refractivity contribution >= 4 is 11.8 Å². The Morgan fingerprint density at radius 1 is 1.29 bits per heavy atom. The third kappa shape index (κ3) is 3.67. The molecule has 0 bridgehead atoms. The summed E-state index contributed by atoms with van der Waals surface area (Å²) in [5.74, 6) is 3.48. The molecule has 21 heavy (non-hydrogen) atoms. The lowest BCUT2D eigenvalue weighted by Gasteiger charge is -2.08. The standard InChI is InChI=1S/C16H19N3OS/c1-2-10-19-15(13-8-9-13)17-18-16(19)21-12-11-20-14-6-4-3-5-7-14/h2-7,13H,1,8-12H2. The molecular weight excluding hydrogens is 282 g/mol. The first-order valence-corrected chi connectivity index (χ1v) is 8.21. The number of hydrogen-bond acceptors (Lipinski definition) is 4. The van der Waals surface area contributed by atoms with Crippen molar-refractivity contribution in [1.29, 1.82) is 0 Å². The van der Waals surface area contributed by atoms with Gasteiger partial charge in [-0.25, -0.2) is 0 Å². The van der Waals surface area contributed by atoms with Gasteiger partial charge >= 0.3 is 0 Å². The van der Waals surface area contributed by atoms with Gasteiger partial charge in [0.25, 0.3) is 0 Å². The normalized spacial score (nSPS) is 14.1. The van der Waals surface area contributed by atoms with Crippen LogP contribution >= 0.6 is 11.8 Å². The second kappa shape index (κ2) is 6.80. The molecule has 0 radical (unpaired) electrons. The number of hydrogen-bond donors (Lipinski definition) is 0. The largest absolute Gasteiger partial charge is 0.493 e. The molecule has 1 aromatic heterocycles. The summed E-state index contributed by atoms with van der Waals surface area (Å²) in [5.41, 5.74) is 0. The van der Waals surface area contributed by atoms with E-state index in [-0.39, 0.29) is 0 Å². The van der Waals surface area contributed by atoms with Crippen molar-refractivity contribution in [3.05, 3.63) is 48.8 Å². The number of thioether (sulfide) groups is 1.